The second-order valence-electron chi connectivity index (χ2n) is 5.77. The van der Waals surface area contributed by atoms with E-state index in [1.54, 1.807) is 12.1 Å². The number of rotatable bonds is 7. The molecule has 1 N–H and O–H groups in total. The van der Waals surface area contributed by atoms with Crippen LogP contribution in [-0.2, 0) is 4.79 Å². The molecule has 2 aromatic rings. The first-order chi connectivity index (χ1) is 12.1. The highest BCUT2D eigenvalue weighted by atomic mass is 32.2. The summed E-state index contributed by atoms with van der Waals surface area (Å²) < 4.78 is 1.84. The number of hydrogen-bond acceptors (Lipinski definition) is 7. The van der Waals surface area contributed by atoms with E-state index in [-0.39, 0.29) is 23.7 Å². The van der Waals surface area contributed by atoms with Gasteiger partial charge in [-0.15, -0.1) is 5.10 Å². The van der Waals surface area contributed by atoms with Gasteiger partial charge in [-0.05, 0) is 29.3 Å². The summed E-state index contributed by atoms with van der Waals surface area (Å²) in [5.41, 5.74) is 0.0898. The minimum Gasteiger partial charge on any atom is -0.320 e. The van der Waals surface area contributed by atoms with Crippen LogP contribution in [0.4, 0.5) is 11.4 Å². The second kappa shape index (κ2) is 8.06. The molecule has 0 spiro atoms. The molecular weight excluding hydrogens is 344 g/mol. The highest BCUT2D eigenvalue weighted by Gasteiger charge is 2.22. The summed E-state index contributed by atoms with van der Waals surface area (Å²) in [6.45, 7) is 0. The van der Waals surface area contributed by atoms with Gasteiger partial charge in [0.2, 0.25) is 11.1 Å². The minimum atomic E-state index is -0.514. The van der Waals surface area contributed by atoms with Gasteiger partial charge in [-0.2, -0.15) is 0 Å². The third-order valence-corrected chi connectivity index (χ3v) is 5.00. The van der Waals surface area contributed by atoms with Crippen LogP contribution in [0.2, 0.25) is 0 Å². The van der Waals surface area contributed by atoms with Crippen molar-refractivity contribution >= 4 is 29.0 Å². The maximum absolute atomic E-state index is 12.1. The average Bonchev–Trinajstić information content (AvgIpc) is 3.26. The Hall–Kier alpha value is -2.49. The van der Waals surface area contributed by atoms with Crippen molar-refractivity contribution in [1.82, 2.24) is 20.2 Å². The summed E-state index contributed by atoms with van der Waals surface area (Å²) in [6.07, 6.45) is 4.75. The topological polar surface area (TPSA) is 116 Å². The number of carbonyl (C=O) groups is 1. The van der Waals surface area contributed by atoms with Gasteiger partial charge in [-0.25, -0.2) is 4.68 Å². The Balaban J connectivity index is 1.52. The van der Waals surface area contributed by atoms with E-state index in [1.165, 1.54) is 36.7 Å². The van der Waals surface area contributed by atoms with E-state index < -0.39 is 4.92 Å². The smallest absolute Gasteiger partial charge is 0.292 e. The predicted molar refractivity (Wildman–Crippen MR) is 92.4 cm³/mol. The fourth-order valence-corrected chi connectivity index (χ4v) is 3.73. The van der Waals surface area contributed by atoms with Gasteiger partial charge in [0.15, 0.2) is 0 Å². The number of anilines is 1. The Morgan fingerprint density at radius 2 is 2.12 bits per heavy atom. The van der Waals surface area contributed by atoms with E-state index in [2.05, 4.69) is 20.8 Å². The summed E-state index contributed by atoms with van der Waals surface area (Å²) in [4.78, 5) is 22.5. The van der Waals surface area contributed by atoms with Gasteiger partial charge in [0, 0.05) is 18.2 Å². The lowest BCUT2D eigenvalue weighted by Crippen LogP contribution is -2.14. The van der Waals surface area contributed by atoms with Crippen molar-refractivity contribution in [2.24, 2.45) is 0 Å². The van der Waals surface area contributed by atoms with E-state index in [9.17, 15) is 14.9 Å². The van der Waals surface area contributed by atoms with E-state index in [0.29, 0.717) is 17.0 Å². The first-order valence-electron chi connectivity index (χ1n) is 8.09. The molecule has 1 aliphatic rings. The zero-order chi connectivity index (χ0) is 17.6. The third-order valence-electron chi connectivity index (χ3n) is 4.07. The first kappa shape index (κ1) is 17.3. The lowest BCUT2D eigenvalue weighted by atomic mass is 10.2. The maximum Gasteiger partial charge on any atom is 0.292 e. The highest BCUT2D eigenvalue weighted by molar-refractivity contribution is 7.99. The molecule has 0 atom stereocenters. The standard InChI is InChI=1S/C15H18N6O3S/c22-14(16-12-7-3-4-8-13(12)21(23)24)9-10-25-15-17-18-19-20(15)11-5-1-2-6-11/h3-4,7-8,11H,1-2,5-6,9-10H2,(H,16,22). The fourth-order valence-electron chi connectivity index (χ4n) is 2.84. The number of nitro groups is 1. The first-order valence-corrected chi connectivity index (χ1v) is 9.07. The second-order valence-corrected chi connectivity index (χ2v) is 6.83. The number of para-hydroxylation sites is 2. The lowest BCUT2D eigenvalue weighted by molar-refractivity contribution is -0.383. The van der Waals surface area contributed by atoms with Crippen molar-refractivity contribution in [3.63, 3.8) is 0 Å². The zero-order valence-electron chi connectivity index (χ0n) is 13.5. The number of thioether (sulfide) groups is 1. The molecule has 0 bridgehead atoms. The van der Waals surface area contributed by atoms with Crippen molar-refractivity contribution in [2.45, 2.75) is 43.3 Å². The van der Waals surface area contributed by atoms with Crippen LogP contribution in [0.15, 0.2) is 29.4 Å². The number of benzene rings is 1. The molecule has 1 heterocycles. The van der Waals surface area contributed by atoms with Gasteiger partial charge < -0.3 is 5.32 Å². The molecule has 10 heteroatoms. The number of hydrogen-bond donors (Lipinski definition) is 1. The van der Waals surface area contributed by atoms with Gasteiger partial charge in [0.1, 0.15) is 5.69 Å². The fraction of sp³-hybridized carbons (Fsp3) is 0.467. The normalized spacial score (nSPS) is 14.6. The summed E-state index contributed by atoms with van der Waals surface area (Å²) in [5.74, 6) is 0.223. The quantitative estimate of drug-likeness (QED) is 0.457. The molecule has 1 aliphatic carbocycles. The van der Waals surface area contributed by atoms with Gasteiger partial charge in [-0.3, -0.25) is 14.9 Å². The number of nitro benzene ring substituents is 1. The molecule has 1 aromatic carbocycles. The Morgan fingerprint density at radius 3 is 2.88 bits per heavy atom. The van der Waals surface area contributed by atoms with Crippen molar-refractivity contribution in [1.29, 1.82) is 0 Å². The zero-order valence-corrected chi connectivity index (χ0v) is 14.3. The van der Waals surface area contributed by atoms with Crippen LogP contribution in [0.25, 0.3) is 0 Å². The van der Waals surface area contributed by atoms with E-state index in [4.69, 9.17) is 0 Å². The molecule has 25 heavy (non-hydrogen) atoms. The molecule has 0 unspecified atom stereocenters. The van der Waals surface area contributed by atoms with Gasteiger partial charge >= 0.3 is 0 Å². The lowest BCUT2D eigenvalue weighted by Gasteiger charge is -2.10. The van der Waals surface area contributed by atoms with Crippen molar-refractivity contribution in [3.05, 3.63) is 34.4 Å². The maximum atomic E-state index is 12.1. The average molecular weight is 362 g/mol. The van der Waals surface area contributed by atoms with E-state index in [1.807, 2.05) is 4.68 Å². The Bertz CT molecular complexity index is 759. The monoisotopic (exact) mass is 362 g/mol. The molecule has 1 fully saturated rings. The number of tetrazole rings is 1. The van der Waals surface area contributed by atoms with Crippen LogP contribution in [-0.4, -0.2) is 36.8 Å². The van der Waals surface area contributed by atoms with Crippen molar-refractivity contribution in [3.8, 4) is 0 Å². The summed E-state index contributed by atoms with van der Waals surface area (Å²) in [5, 5.41) is 26.1. The van der Waals surface area contributed by atoms with Crippen LogP contribution < -0.4 is 5.32 Å². The molecule has 3 rings (SSSR count). The van der Waals surface area contributed by atoms with Crippen LogP contribution in [0, 0.1) is 10.1 Å². The van der Waals surface area contributed by atoms with Crippen LogP contribution in [0.1, 0.15) is 38.1 Å². The molecule has 0 radical (unpaired) electrons. The largest absolute Gasteiger partial charge is 0.320 e. The molecule has 1 saturated carbocycles. The predicted octanol–water partition coefficient (Wildman–Crippen LogP) is 2.82. The number of nitrogens with one attached hydrogen (secondary N) is 1. The van der Waals surface area contributed by atoms with E-state index in [0.717, 1.165) is 12.8 Å². The number of aromatic nitrogens is 4. The minimum absolute atomic E-state index is 0.117. The van der Waals surface area contributed by atoms with Gasteiger partial charge in [0.25, 0.3) is 5.69 Å². The van der Waals surface area contributed by atoms with Gasteiger partial charge in [-0.1, -0.05) is 36.7 Å². The molecular formula is C15H18N6O3S. The van der Waals surface area contributed by atoms with Crippen LogP contribution in [0.3, 0.4) is 0 Å². The summed E-state index contributed by atoms with van der Waals surface area (Å²) >= 11 is 1.42. The molecule has 132 valence electrons. The van der Waals surface area contributed by atoms with E-state index >= 15 is 0 Å². The molecule has 1 amide bonds. The van der Waals surface area contributed by atoms with Crippen LogP contribution >= 0.6 is 11.8 Å². The SMILES string of the molecule is O=C(CCSc1nnnn1C1CCCC1)Nc1ccccc1[N+](=O)[O-]. The van der Waals surface area contributed by atoms with Gasteiger partial charge in [0.05, 0.1) is 11.0 Å². The number of carbonyl (C=O) groups excluding carboxylic acids is 1. The van der Waals surface area contributed by atoms with Crippen molar-refractivity contribution < 1.29 is 9.72 Å². The number of nitrogens with zero attached hydrogens (tertiary/aromatic N) is 5. The Labute approximate surface area is 148 Å². The summed E-state index contributed by atoms with van der Waals surface area (Å²) in [6, 6.07) is 6.43. The Kier molecular flexibility index (Phi) is 5.59. The van der Waals surface area contributed by atoms with Crippen LogP contribution in [0.5, 0.6) is 0 Å². The molecule has 1 aromatic heterocycles. The molecule has 0 saturated heterocycles. The molecule has 9 nitrogen and oxygen atoms in total. The highest BCUT2D eigenvalue weighted by Crippen LogP contribution is 2.31. The number of amides is 1. The third kappa shape index (κ3) is 4.32. The summed E-state index contributed by atoms with van der Waals surface area (Å²) in [7, 11) is 0. The van der Waals surface area contributed by atoms with Crippen molar-refractivity contribution in [2.75, 3.05) is 11.1 Å². The Morgan fingerprint density at radius 1 is 1.36 bits per heavy atom. The molecule has 0 aliphatic heterocycles.